The zero-order chi connectivity index (χ0) is 19.0. The van der Waals surface area contributed by atoms with Crippen molar-refractivity contribution in [2.24, 2.45) is 5.41 Å². The average Bonchev–Trinajstić information content (AvgIpc) is 2.97. The monoisotopic (exact) mass is 368 g/mol. The number of carbonyl (C=O) groups is 1. The van der Waals surface area contributed by atoms with Crippen molar-refractivity contribution in [3.8, 4) is 0 Å². The van der Waals surface area contributed by atoms with Gasteiger partial charge in [-0.3, -0.25) is 4.79 Å². The number of carbonyl (C=O) groups excluding carboxylic acids is 1. The topological polar surface area (TPSA) is 86.7 Å². The average molecular weight is 368 g/mol. The van der Waals surface area contributed by atoms with Crippen LogP contribution < -0.4 is 5.32 Å². The number of rotatable bonds is 5. The van der Waals surface area contributed by atoms with E-state index < -0.39 is 21.5 Å². The number of aliphatic hydroxyl groups is 1. The Morgan fingerprint density at radius 1 is 1.36 bits per heavy atom. The standard InChI is InChI=1S/C18H28N2O4S/c1-6-18(4,5)17(22)19-14-9-12(2)13(3)16(10-14)25(23,24)20-8-7-15(21)11-20/h9-10,15,21H,6-8,11H2,1-5H3,(H,19,22)/t15-/m0/s1. The van der Waals surface area contributed by atoms with Gasteiger partial charge in [-0.05, 0) is 49.9 Å². The van der Waals surface area contributed by atoms with Gasteiger partial charge in [0.25, 0.3) is 0 Å². The molecular formula is C18H28N2O4S. The molecule has 0 aromatic heterocycles. The first kappa shape index (κ1) is 19.9. The minimum atomic E-state index is -3.70. The van der Waals surface area contributed by atoms with Gasteiger partial charge in [0.1, 0.15) is 0 Å². The van der Waals surface area contributed by atoms with Gasteiger partial charge in [0.05, 0.1) is 11.0 Å². The third kappa shape index (κ3) is 4.04. The van der Waals surface area contributed by atoms with Crippen molar-refractivity contribution >= 4 is 21.6 Å². The zero-order valence-corrected chi connectivity index (χ0v) is 16.4. The van der Waals surface area contributed by atoms with Gasteiger partial charge in [0.15, 0.2) is 0 Å². The molecule has 6 nitrogen and oxygen atoms in total. The first-order chi connectivity index (χ1) is 11.5. The molecule has 1 saturated heterocycles. The molecule has 1 atom stereocenters. The van der Waals surface area contributed by atoms with Crippen LogP contribution in [0.5, 0.6) is 0 Å². The maximum atomic E-state index is 12.9. The Bertz CT molecular complexity index is 772. The number of aryl methyl sites for hydroxylation is 1. The fourth-order valence-corrected chi connectivity index (χ4v) is 4.51. The minimum absolute atomic E-state index is 0.111. The lowest BCUT2D eigenvalue weighted by atomic mass is 9.89. The van der Waals surface area contributed by atoms with E-state index in [9.17, 15) is 18.3 Å². The van der Waals surface area contributed by atoms with Crippen molar-refractivity contribution in [2.75, 3.05) is 18.4 Å². The van der Waals surface area contributed by atoms with Gasteiger partial charge in [-0.1, -0.05) is 20.8 Å². The highest BCUT2D eigenvalue weighted by Crippen LogP contribution is 2.30. The first-order valence-electron chi connectivity index (χ1n) is 8.60. The number of nitrogens with one attached hydrogen (secondary N) is 1. The van der Waals surface area contributed by atoms with E-state index in [1.165, 1.54) is 10.4 Å². The van der Waals surface area contributed by atoms with Crippen LogP contribution >= 0.6 is 0 Å². The van der Waals surface area contributed by atoms with E-state index in [1.54, 1.807) is 13.0 Å². The molecule has 0 aliphatic carbocycles. The molecular weight excluding hydrogens is 340 g/mol. The summed E-state index contributed by atoms with van der Waals surface area (Å²) < 4.78 is 27.2. The smallest absolute Gasteiger partial charge is 0.243 e. The number of anilines is 1. The van der Waals surface area contributed by atoms with Gasteiger partial charge >= 0.3 is 0 Å². The Hall–Kier alpha value is -1.44. The maximum Gasteiger partial charge on any atom is 0.243 e. The lowest BCUT2D eigenvalue weighted by molar-refractivity contribution is -0.124. The van der Waals surface area contributed by atoms with Crippen LogP contribution in [0.25, 0.3) is 0 Å². The van der Waals surface area contributed by atoms with Crippen molar-refractivity contribution < 1.29 is 18.3 Å². The fraction of sp³-hybridized carbons (Fsp3) is 0.611. The predicted molar refractivity (Wildman–Crippen MR) is 98.0 cm³/mol. The van der Waals surface area contributed by atoms with Crippen LogP contribution in [0, 0.1) is 19.3 Å². The number of hydrogen-bond acceptors (Lipinski definition) is 4. The number of nitrogens with zero attached hydrogens (tertiary/aromatic N) is 1. The second kappa shape index (κ2) is 7.05. The number of amides is 1. The van der Waals surface area contributed by atoms with Gasteiger partial charge in [0.2, 0.25) is 15.9 Å². The SMILES string of the molecule is CCC(C)(C)C(=O)Nc1cc(C)c(C)c(S(=O)(=O)N2CC[C@H](O)C2)c1. The highest BCUT2D eigenvalue weighted by Gasteiger charge is 2.33. The number of β-amino-alcohol motifs (C(OH)–C–C–N with tert-alkyl or cyclic N) is 1. The molecule has 0 radical (unpaired) electrons. The molecule has 25 heavy (non-hydrogen) atoms. The number of hydrogen-bond donors (Lipinski definition) is 2. The maximum absolute atomic E-state index is 12.9. The predicted octanol–water partition coefficient (Wildman–Crippen LogP) is 2.43. The Morgan fingerprint density at radius 2 is 2.00 bits per heavy atom. The van der Waals surface area contributed by atoms with Crippen molar-refractivity contribution in [3.05, 3.63) is 23.3 Å². The summed E-state index contributed by atoms with van der Waals surface area (Å²) in [4.78, 5) is 12.6. The van der Waals surface area contributed by atoms with E-state index >= 15 is 0 Å². The van der Waals surface area contributed by atoms with Crippen molar-refractivity contribution in [1.29, 1.82) is 0 Å². The van der Waals surface area contributed by atoms with E-state index in [0.29, 0.717) is 30.6 Å². The Balaban J connectivity index is 2.40. The molecule has 0 unspecified atom stereocenters. The van der Waals surface area contributed by atoms with Crippen LogP contribution in [-0.4, -0.2) is 42.9 Å². The normalized spacial score (nSPS) is 19.2. The van der Waals surface area contributed by atoms with Gasteiger partial charge in [-0.25, -0.2) is 8.42 Å². The van der Waals surface area contributed by atoms with E-state index in [2.05, 4.69) is 5.32 Å². The molecule has 1 heterocycles. The molecule has 0 bridgehead atoms. The quantitative estimate of drug-likeness (QED) is 0.836. The van der Waals surface area contributed by atoms with E-state index in [1.807, 2.05) is 27.7 Å². The molecule has 7 heteroatoms. The molecule has 2 rings (SSSR count). The number of aliphatic hydroxyl groups excluding tert-OH is 1. The van der Waals surface area contributed by atoms with Crippen molar-refractivity contribution in [1.82, 2.24) is 4.31 Å². The molecule has 1 aliphatic heterocycles. The fourth-order valence-electron chi connectivity index (χ4n) is 2.70. The van der Waals surface area contributed by atoms with Crippen LogP contribution in [0.3, 0.4) is 0 Å². The Kier molecular flexibility index (Phi) is 5.61. The summed E-state index contributed by atoms with van der Waals surface area (Å²) in [5, 5.41) is 12.5. The molecule has 1 aliphatic rings. The van der Waals surface area contributed by atoms with Crippen molar-refractivity contribution in [3.63, 3.8) is 0 Å². The first-order valence-corrected chi connectivity index (χ1v) is 10.0. The third-order valence-electron chi connectivity index (χ3n) is 5.12. The molecule has 0 saturated carbocycles. The van der Waals surface area contributed by atoms with Crippen LogP contribution in [0.4, 0.5) is 5.69 Å². The molecule has 140 valence electrons. The summed E-state index contributed by atoms with van der Waals surface area (Å²) >= 11 is 0. The van der Waals surface area contributed by atoms with Gasteiger partial charge < -0.3 is 10.4 Å². The zero-order valence-electron chi connectivity index (χ0n) is 15.6. The van der Waals surface area contributed by atoms with E-state index in [4.69, 9.17) is 0 Å². The lowest BCUT2D eigenvalue weighted by Gasteiger charge is -2.23. The van der Waals surface area contributed by atoms with Gasteiger partial charge in [-0.15, -0.1) is 0 Å². The molecule has 1 aromatic rings. The van der Waals surface area contributed by atoms with Gasteiger partial charge in [0, 0.05) is 24.2 Å². The second-order valence-electron chi connectivity index (χ2n) is 7.41. The second-order valence-corrected chi connectivity index (χ2v) is 9.32. The molecule has 1 aromatic carbocycles. The molecule has 0 spiro atoms. The highest BCUT2D eigenvalue weighted by atomic mass is 32.2. The van der Waals surface area contributed by atoms with Crippen LogP contribution in [0.1, 0.15) is 44.7 Å². The summed E-state index contributed by atoms with van der Waals surface area (Å²) in [6, 6.07) is 3.31. The Morgan fingerprint density at radius 3 is 2.52 bits per heavy atom. The van der Waals surface area contributed by atoms with Crippen LogP contribution in [0.15, 0.2) is 17.0 Å². The summed E-state index contributed by atoms with van der Waals surface area (Å²) in [5.41, 5.74) is 1.41. The van der Waals surface area contributed by atoms with Crippen LogP contribution in [0.2, 0.25) is 0 Å². The summed E-state index contributed by atoms with van der Waals surface area (Å²) in [5.74, 6) is -0.141. The van der Waals surface area contributed by atoms with Crippen LogP contribution in [-0.2, 0) is 14.8 Å². The molecule has 2 N–H and O–H groups in total. The molecule has 1 amide bonds. The summed E-state index contributed by atoms with van der Waals surface area (Å²) in [6.45, 7) is 9.65. The summed E-state index contributed by atoms with van der Waals surface area (Å²) in [7, 11) is -3.70. The molecule has 1 fully saturated rings. The van der Waals surface area contributed by atoms with E-state index in [-0.39, 0.29) is 17.3 Å². The number of sulfonamides is 1. The summed E-state index contributed by atoms with van der Waals surface area (Å²) in [6.07, 6.45) is 0.503. The minimum Gasteiger partial charge on any atom is -0.392 e. The van der Waals surface area contributed by atoms with Crippen molar-refractivity contribution in [2.45, 2.75) is 58.5 Å². The highest BCUT2D eigenvalue weighted by molar-refractivity contribution is 7.89. The Labute approximate surface area is 150 Å². The van der Waals surface area contributed by atoms with E-state index in [0.717, 1.165) is 5.56 Å². The largest absolute Gasteiger partial charge is 0.392 e. The number of benzene rings is 1. The van der Waals surface area contributed by atoms with Gasteiger partial charge in [-0.2, -0.15) is 4.31 Å². The lowest BCUT2D eigenvalue weighted by Crippen LogP contribution is -2.31. The third-order valence-corrected chi connectivity index (χ3v) is 7.11.